The molecule has 1 saturated carbocycles. The van der Waals surface area contributed by atoms with Gasteiger partial charge in [0.05, 0.1) is 18.8 Å². The van der Waals surface area contributed by atoms with E-state index in [2.05, 4.69) is 13.8 Å². The Bertz CT molecular complexity index is 284. The summed E-state index contributed by atoms with van der Waals surface area (Å²) < 4.78 is 42.2. The number of halogens is 3. The predicted molar refractivity (Wildman–Crippen MR) is 57.1 cm³/mol. The van der Waals surface area contributed by atoms with E-state index in [1.807, 2.05) is 0 Å². The van der Waals surface area contributed by atoms with Crippen LogP contribution in [0.25, 0.3) is 0 Å². The molecule has 0 aromatic carbocycles. The van der Waals surface area contributed by atoms with Gasteiger partial charge in [0.2, 0.25) is 0 Å². The van der Waals surface area contributed by atoms with Crippen LogP contribution in [0.2, 0.25) is 0 Å². The van der Waals surface area contributed by atoms with E-state index in [0.29, 0.717) is 11.8 Å². The Morgan fingerprint density at radius 1 is 1.29 bits per heavy atom. The monoisotopic (exact) mass is 249 g/mol. The quantitative estimate of drug-likeness (QED) is 0.766. The molecular formula is C12H18F3NO. The zero-order chi connectivity index (χ0) is 13.1. The largest absolute Gasteiger partial charge is 0.406 e. The minimum absolute atomic E-state index is 0.126. The third kappa shape index (κ3) is 4.19. The molecule has 1 aliphatic carbocycles. The number of rotatable bonds is 3. The van der Waals surface area contributed by atoms with Crippen LogP contribution < -0.4 is 0 Å². The maximum Gasteiger partial charge on any atom is 0.406 e. The summed E-state index contributed by atoms with van der Waals surface area (Å²) in [6.07, 6.45) is -2.05. The van der Waals surface area contributed by atoms with Crippen LogP contribution in [0.4, 0.5) is 13.2 Å². The predicted octanol–water partition coefficient (Wildman–Crippen LogP) is 3.53. The molecule has 0 aromatic rings. The van der Waals surface area contributed by atoms with E-state index in [1.54, 1.807) is 0 Å². The van der Waals surface area contributed by atoms with Crippen LogP contribution in [0.15, 0.2) is 0 Å². The zero-order valence-electron chi connectivity index (χ0n) is 10.1. The van der Waals surface area contributed by atoms with Crippen molar-refractivity contribution in [2.45, 2.75) is 45.4 Å². The zero-order valence-corrected chi connectivity index (χ0v) is 10.1. The minimum Gasteiger partial charge on any atom is -0.376 e. The summed E-state index contributed by atoms with van der Waals surface area (Å²) in [6, 6.07) is 1.25. The van der Waals surface area contributed by atoms with E-state index in [0.717, 1.165) is 19.3 Å². The van der Waals surface area contributed by atoms with Crippen molar-refractivity contribution in [3.8, 4) is 6.07 Å². The lowest BCUT2D eigenvalue weighted by Crippen LogP contribution is -2.32. The fraction of sp³-hybridized carbons (Fsp3) is 0.917. The highest BCUT2D eigenvalue weighted by molar-refractivity contribution is 4.88. The number of nitriles is 1. The maximum absolute atomic E-state index is 12.3. The lowest BCUT2D eigenvalue weighted by atomic mass is 9.80. The van der Waals surface area contributed by atoms with Crippen molar-refractivity contribution in [3.05, 3.63) is 0 Å². The first-order chi connectivity index (χ1) is 7.84. The van der Waals surface area contributed by atoms with E-state index in [9.17, 15) is 13.2 Å². The second-order valence-electron chi connectivity index (χ2n) is 4.95. The first-order valence-corrected chi connectivity index (χ1v) is 5.92. The highest BCUT2D eigenvalue weighted by Gasteiger charge is 2.40. The first-order valence-electron chi connectivity index (χ1n) is 5.92. The molecule has 1 fully saturated rings. The molecule has 4 atom stereocenters. The van der Waals surface area contributed by atoms with Crippen LogP contribution in [0.5, 0.6) is 0 Å². The fourth-order valence-electron chi connectivity index (χ4n) is 2.09. The average Bonchev–Trinajstić information content (AvgIpc) is 2.22. The van der Waals surface area contributed by atoms with Gasteiger partial charge in [0.1, 0.15) is 0 Å². The number of hydrogen-bond acceptors (Lipinski definition) is 2. The molecule has 0 spiro atoms. The van der Waals surface area contributed by atoms with Gasteiger partial charge in [-0.05, 0) is 31.1 Å². The lowest BCUT2D eigenvalue weighted by Gasteiger charge is -2.32. The molecule has 98 valence electrons. The third-order valence-corrected chi connectivity index (χ3v) is 3.60. The molecule has 0 aliphatic heterocycles. The smallest absolute Gasteiger partial charge is 0.376 e. The van der Waals surface area contributed by atoms with E-state index in [4.69, 9.17) is 10.00 Å². The van der Waals surface area contributed by atoms with Gasteiger partial charge in [-0.3, -0.25) is 0 Å². The van der Waals surface area contributed by atoms with Crippen molar-refractivity contribution in [3.63, 3.8) is 0 Å². The van der Waals surface area contributed by atoms with Crippen molar-refractivity contribution in [1.29, 1.82) is 5.26 Å². The van der Waals surface area contributed by atoms with Gasteiger partial charge in [0, 0.05) is 0 Å². The Labute approximate surface area is 99.8 Å². The van der Waals surface area contributed by atoms with Crippen LogP contribution in [0, 0.1) is 29.1 Å². The summed E-state index contributed by atoms with van der Waals surface area (Å²) in [4.78, 5) is 0. The van der Waals surface area contributed by atoms with Crippen molar-refractivity contribution in [1.82, 2.24) is 0 Å². The summed E-state index contributed by atoms with van der Waals surface area (Å²) in [5.41, 5.74) is 0. The molecule has 0 bridgehead atoms. The molecule has 0 radical (unpaired) electrons. The Morgan fingerprint density at radius 3 is 2.41 bits per heavy atom. The van der Waals surface area contributed by atoms with Gasteiger partial charge < -0.3 is 4.74 Å². The standard InChI is InChI=1S/C12H18F3NO/c1-8-3-4-11(5-9(8)2)17-7-10(6-16)12(13,14)15/h8-11H,3-5,7H2,1-2H3. The van der Waals surface area contributed by atoms with Gasteiger partial charge in [0.25, 0.3) is 0 Å². The lowest BCUT2D eigenvalue weighted by molar-refractivity contribution is -0.177. The van der Waals surface area contributed by atoms with Gasteiger partial charge in [-0.1, -0.05) is 13.8 Å². The molecule has 0 amide bonds. The van der Waals surface area contributed by atoms with Crippen LogP contribution >= 0.6 is 0 Å². The maximum atomic E-state index is 12.3. The normalized spacial score (nSPS) is 31.9. The molecule has 1 aliphatic rings. The number of hydrogen-bond donors (Lipinski definition) is 0. The number of ether oxygens (including phenoxy) is 1. The summed E-state index contributed by atoms with van der Waals surface area (Å²) in [7, 11) is 0. The van der Waals surface area contributed by atoms with Crippen LogP contribution in [-0.4, -0.2) is 18.9 Å². The van der Waals surface area contributed by atoms with Gasteiger partial charge >= 0.3 is 6.18 Å². The van der Waals surface area contributed by atoms with Crippen LogP contribution in [0.3, 0.4) is 0 Å². The van der Waals surface area contributed by atoms with Crippen molar-refractivity contribution < 1.29 is 17.9 Å². The molecular weight excluding hydrogens is 231 g/mol. The van der Waals surface area contributed by atoms with Crippen LogP contribution in [-0.2, 0) is 4.74 Å². The summed E-state index contributed by atoms with van der Waals surface area (Å²) in [5, 5.41) is 8.44. The Kier molecular flexibility index (Phi) is 4.81. The second kappa shape index (κ2) is 5.72. The molecule has 5 heteroatoms. The van der Waals surface area contributed by atoms with Gasteiger partial charge in [-0.15, -0.1) is 0 Å². The van der Waals surface area contributed by atoms with E-state index >= 15 is 0 Å². The fourth-order valence-corrected chi connectivity index (χ4v) is 2.09. The topological polar surface area (TPSA) is 33.0 Å². The first kappa shape index (κ1) is 14.3. The Hall–Kier alpha value is -0.760. The molecule has 4 unspecified atom stereocenters. The van der Waals surface area contributed by atoms with Gasteiger partial charge in [-0.25, -0.2) is 0 Å². The van der Waals surface area contributed by atoms with Gasteiger partial charge in [0.15, 0.2) is 5.92 Å². The van der Waals surface area contributed by atoms with E-state index in [1.165, 1.54) is 6.07 Å². The molecule has 17 heavy (non-hydrogen) atoms. The molecule has 0 aromatic heterocycles. The Balaban J connectivity index is 2.39. The average molecular weight is 249 g/mol. The third-order valence-electron chi connectivity index (χ3n) is 3.60. The van der Waals surface area contributed by atoms with Crippen molar-refractivity contribution >= 4 is 0 Å². The van der Waals surface area contributed by atoms with Gasteiger partial charge in [-0.2, -0.15) is 18.4 Å². The molecule has 2 nitrogen and oxygen atoms in total. The minimum atomic E-state index is -4.48. The molecule has 0 heterocycles. The molecule has 0 N–H and O–H groups in total. The Morgan fingerprint density at radius 2 is 1.94 bits per heavy atom. The highest BCUT2D eigenvalue weighted by atomic mass is 19.4. The van der Waals surface area contributed by atoms with Crippen LogP contribution in [0.1, 0.15) is 33.1 Å². The van der Waals surface area contributed by atoms with E-state index in [-0.39, 0.29) is 6.10 Å². The molecule has 1 rings (SSSR count). The van der Waals surface area contributed by atoms with Crippen molar-refractivity contribution in [2.75, 3.05) is 6.61 Å². The summed E-state index contributed by atoms with van der Waals surface area (Å²) >= 11 is 0. The van der Waals surface area contributed by atoms with Crippen molar-refractivity contribution in [2.24, 2.45) is 17.8 Å². The highest BCUT2D eigenvalue weighted by Crippen LogP contribution is 2.32. The number of alkyl halides is 3. The number of nitrogens with zero attached hydrogens (tertiary/aromatic N) is 1. The summed E-state index contributed by atoms with van der Waals surface area (Å²) in [6.45, 7) is 3.70. The van der Waals surface area contributed by atoms with E-state index < -0.39 is 18.7 Å². The molecule has 0 saturated heterocycles. The second-order valence-corrected chi connectivity index (χ2v) is 4.95. The SMILES string of the molecule is CC1CCC(OCC(C#N)C(F)(F)F)CC1C. The summed E-state index contributed by atoms with van der Waals surface area (Å²) in [5.74, 6) is -0.929.